The van der Waals surface area contributed by atoms with Crippen LogP contribution in [0, 0.1) is 6.92 Å². The first-order valence-electron chi connectivity index (χ1n) is 8.44. The molecule has 0 spiro atoms. The van der Waals surface area contributed by atoms with E-state index in [1.165, 1.54) is 17.6 Å². The summed E-state index contributed by atoms with van der Waals surface area (Å²) < 4.78 is 47.8. The number of methoxy groups -OCH3 is 1. The molecule has 0 atom stereocenters. The molecule has 0 unspecified atom stereocenters. The lowest BCUT2D eigenvalue weighted by molar-refractivity contribution is -0.139. The molecule has 0 radical (unpaired) electrons. The summed E-state index contributed by atoms with van der Waals surface area (Å²) in [4.78, 5) is 9.32. The van der Waals surface area contributed by atoms with Gasteiger partial charge in [-0.3, -0.25) is 4.98 Å². The number of ether oxygens (including phenoxy) is 1. The maximum absolute atomic E-state index is 13.0. The normalized spacial score (nSPS) is 11.6. The summed E-state index contributed by atoms with van der Waals surface area (Å²) >= 11 is 1.32. The van der Waals surface area contributed by atoms with Gasteiger partial charge in [-0.2, -0.15) is 18.2 Å². The third kappa shape index (κ3) is 3.70. The van der Waals surface area contributed by atoms with E-state index >= 15 is 0 Å². The van der Waals surface area contributed by atoms with Crippen molar-refractivity contribution in [3.63, 3.8) is 0 Å². The van der Waals surface area contributed by atoms with E-state index in [0.717, 1.165) is 34.7 Å². The van der Waals surface area contributed by atoms with Crippen LogP contribution in [0.15, 0.2) is 42.6 Å². The van der Waals surface area contributed by atoms with Gasteiger partial charge in [-0.15, -0.1) is 5.10 Å². The Hall–Kier alpha value is -3.27. The van der Waals surface area contributed by atoms with E-state index in [2.05, 4.69) is 24.9 Å². The summed E-state index contributed by atoms with van der Waals surface area (Å²) in [6.07, 6.45) is -2.93. The lowest BCUT2D eigenvalue weighted by Crippen LogP contribution is -2.09. The predicted molar refractivity (Wildman–Crippen MR) is 104 cm³/mol. The van der Waals surface area contributed by atoms with E-state index in [-0.39, 0.29) is 5.82 Å². The van der Waals surface area contributed by atoms with Gasteiger partial charge in [-0.1, -0.05) is 16.6 Å². The number of halogens is 3. The number of rotatable bonds is 4. The number of anilines is 2. The Morgan fingerprint density at radius 3 is 2.62 bits per heavy atom. The average Bonchev–Trinajstić information content (AvgIpc) is 3.12. The predicted octanol–water partition coefficient (Wildman–Crippen LogP) is 5.23. The van der Waals surface area contributed by atoms with Crippen molar-refractivity contribution in [1.82, 2.24) is 19.6 Å². The molecule has 148 valence electrons. The molecule has 29 heavy (non-hydrogen) atoms. The maximum atomic E-state index is 13.0. The molecular weight excluding hydrogens is 403 g/mol. The van der Waals surface area contributed by atoms with E-state index in [9.17, 15) is 13.2 Å². The van der Waals surface area contributed by atoms with Crippen molar-refractivity contribution in [2.24, 2.45) is 0 Å². The number of alkyl halides is 3. The minimum Gasteiger partial charge on any atom is -0.481 e. The smallest absolute Gasteiger partial charge is 0.421 e. The number of pyridine rings is 2. The Labute approximate surface area is 167 Å². The monoisotopic (exact) mass is 417 g/mol. The van der Waals surface area contributed by atoms with Crippen LogP contribution in [-0.2, 0) is 6.18 Å². The number of benzene rings is 1. The molecule has 0 aliphatic heterocycles. The Kier molecular flexibility index (Phi) is 4.79. The fourth-order valence-corrected chi connectivity index (χ4v) is 3.41. The van der Waals surface area contributed by atoms with E-state index < -0.39 is 17.6 Å². The van der Waals surface area contributed by atoms with Gasteiger partial charge in [-0.25, -0.2) is 0 Å². The van der Waals surface area contributed by atoms with E-state index in [1.54, 1.807) is 12.3 Å². The van der Waals surface area contributed by atoms with E-state index in [0.29, 0.717) is 11.2 Å². The van der Waals surface area contributed by atoms with Crippen LogP contribution in [0.2, 0.25) is 0 Å². The minimum absolute atomic E-state index is 0.228. The number of hydrogen-bond donors (Lipinski definition) is 1. The molecule has 0 aliphatic carbocycles. The molecule has 3 aromatic heterocycles. The van der Waals surface area contributed by atoms with Gasteiger partial charge in [0, 0.05) is 17.1 Å². The number of aromatic nitrogens is 4. The number of hydrogen-bond acceptors (Lipinski definition) is 7. The molecule has 6 nitrogen and oxygen atoms in total. The van der Waals surface area contributed by atoms with Crippen LogP contribution in [0.3, 0.4) is 0 Å². The van der Waals surface area contributed by atoms with Crippen LogP contribution in [0.1, 0.15) is 10.4 Å². The highest BCUT2D eigenvalue weighted by atomic mass is 32.1. The number of aryl methyl sites for hydroxylation is 1. The zero-order valence-electron chi connectivity index (χ0n) is 15.3. The third-order valence-corrected chi connectivity index (χ3v) is 4.92. The second kappa shape index (κ2) is 7.28. The molecule has 0 fully saturated rings. The number of nitrogens with zero attached hydrogens (tertiary/aromatic N) is 4. The van der Waals surface area contributed by atoms with Crippen molar-refractivity contribution in [2.75, 3.05) is 12.4 Å². The Balaban J connectivity index is 1.71. The quantitative estimate of drug-likeness (QED) is 0.490. The van der Waals surface area contributed by atoms with Crippen molar-refractivity contribution in [1.29, 1.82) is 0 Å². The van der Waals surface area contributed by atoms with Crippen LogP contribution in [0.5, 0.6) is 5.88 Å². The van der Waals surface area contributed by atoms with Crippen molar-refractivity contribution < 1.29 is 17.9 Å². The number of fused-ring (bicyclic) bond motifs is 1. The van der Waals surface area contributed by atoms with Crippen molar-refractivity contribution in [2.45, 2.75) is 13.1 Å². The average molecular weight is 417 g/mol. The van der Waals surface area contributed by atoms with Gasteiger partial charge in [0.2, 0.25) is 5.88 Å². The molecule has 1 N–H and O–H groups in total. The van der Waals surface area contributed by atoms with Crippen LogP contribution in [-0.4, -0.2) is 26.7 Å². The third-order valence-electron chi connectivity index (χ3n) is 4.29. The Bertz CT molecular complexity index is 1190. The summed E-state index contributed by atoms with van der Waals surface area (Å²) in [7, 11) is 1.15. The molecule has 10 heteroatoms. The van der Waals surface area contributed by atoms with Gasteiger partial charge >= 0.3 is 6.18 Å². The van der Waals surface area contributed by atoms with Gasteiger partial charge in [0.15, 0.2) is 0 Å². The fourth-order valence-electron chi connectivity index (χ4n) is 2.92. The maximum Gasteiger partial charge on any atom is 0.421 e. The molecule has 0 aliphatic rings. The first-order chi connectivity index (χ1) is 13.9. The summed E-state index contributed by atoms with van der Waals surface area (Å²) in [5.74, 6) is -0.263. The second-order valence-corrected chi connectivity index (χ2v) is 7.10. The van der Waals surface area contributed by atoms with Crippen molar-refractivity contribution in [3.05, 3.63) is 53.0 Å². The highest BCUT2D eigenvalue weighted by Crippen LogP contribution is 2.36. The van der Waals surface area contributed by atoms with Gasteiger partial charge < -0.3 is 10.1 Å². The van der Waals surface area contributed by atoms with Gasteiger partial charge in [0.1, 0.15) is 17.1 Å². The minimum atomic E-state index is -4.54. The van der Waals surface area contributed by atoms with Crippen molar-refractivity contribution in [3.8, 4) is 17.1 Å². The second-order valence-electron chi connectivity index (χ2n) is 6.14. The highest BCUT2D eigenvalue weighted by Gasteiger charge is 2.35. The standard InChI is InChI=1S/C19H14F3N5OS/c1-10-17(26-27-29-10)11-3-4-12-14(7-8-23-15(12)9-11)24-16-6-5-13(19(20,21)22)18(25-16)28-2/h3-9H,1-2H3,(H,23,24,25). The first kappa shape index (κ1) is 19.1. The van der Waals surface area contributed by atoms with Crippen LogP contribution in [0.4, 0.5) is 24.7 Å². The molecule has 4 rings (SSSR count). The van der Waals surface area contributed by atoms with Crippen LogP contribution in [0.25, 0.3) is 22.2 Å². The largest absolute Gasteiger partial charge is 0.481 e. The van der Waals surface area contributed by atoms with E-state index in [1.807, 2.05) is 25.1 Å². The van der Waals surface area contributed by atoms with E-state index in [4.69, 9.17) is 4.74 Å². The lowest BCUT2D eigenvalue weighted by Gasteiger charge is -2.14. The molecule has 4 aromatic rings. The Morgan fingerprint density at radius 1 is 1.10 bits per heavy atom. The molecule has 0 saturated heterocycles. The SMILES string of the molecule is COc1nc(Nc2ccnc3cc(-c4nnsc4C)ccc23)ccc1C(F)(F)F. The molecule has 0 amide bonds. The van der Waals surface area contributed by atoms with Gasteiger partial charge in [0.25, 0.3) is 0 Å². The van der Waals surface area contributed by atoms with Crippen LogP contribution >= 0.6 is 11.5 Å². The zero-order chi connectivity index (χ0) is 20.6. The van der Waals surface area contributed by atoms with Crippen LogP contribution < -0.4 is 10.1 Å². The molecule has 1 aromatic carbocycles. The van der Waals surface area contributed by atoms with Crippen molar-refractivity contribution >= 4 is 33.9 Å². The first-order valence-corrected chi connectivity index (χ1v) is 9.21. The molecular formula is C19H14F3N5OS. The van der Waals surface area contributed by atoms with Gasteiger partial charge in [-0.05, 0) is 42.7 Å². The fraction of sp³-hybridized carbons (Fsp3) is 0.158. The molecule has 3 heterocycles. The summed E-state index contributed by atoms with van der Waals surface area (Å²) in [5, 5.41) is 7.97. The highest BCUT2D eigenvalue weighted by molar-refractivity contribution is 7.05. The summed E-state index contributed by atoms with van der Waals surface area (Å²) in [6, 6.07) is 9.60. The molecule has 0 saturated carbocycles. The summed E-state index contributed by atoms with van der Waals surface area (Å²) in [5.41, 5.74) is 2.12. The van der Waals surface area contributed by atoms with Gasteiger partial charge in [0.05, 0.1) is 23.2 Å². The zero-order valence-corrected chi connectivity index (χ0v) is 16.1. The lowest BCUT2D eigenvalue weighted by atomic mass is 10.1. The molecule has 0 bridgehead atoms. The number of nitrogens with one attached hydrogen (secondary N) is 1. The summed E-state index contributed by atoms with van der Waals surface area (Å²) in [6.45, 7) is 1.94. The topological polar surface area (TPSA) is 72.8 Å². The Morgan fingerprint density at radius 2 is 1.93 bits per heavy atom.